The molecule has 0 aliphatic heterocycles. The van der Waals surface area contributed by atoms with Gasteiger partial charge < -0.3 is 265 Å². The zero-order chi connectivity index (χ0) is 93.7. The monoisotopic (exact) mass is 2020 g/mol. The standard InChI is InChI=1S/4C4H13N3.20C2H4O2.5Ca.10Na/c4*5-1-3-7-4-2-6;20*1-2(3)4;;;;;;;;;;;;;;;/h4*7H,1-6H2;20*1H3,(H,3,4);;;;;;;;;;;;;;;/q;;;;;;;;;;;;;;;;;;;;;;;;5*+2;10*+1/p-20. The molecule has 0 saturated heterocycles. The van der Waals surface area contributed by atoms with Gasteiger partial charge in [0.25, 0.3) is 0 Å². The maximum Gasteiger partial charge on any atom is 2.00 e. The summed E-state index contributed by atoms with van der Waals surface area (Å²) < 4.78 is 0. The summed E-state index contributed by atoms with van der Waals surface area (Å²) in [5.74, 6) is -21.7. The summed E-state index contributed by atoms with van der Waals surface area (Å²) in [6.07, 6.45) is 0. The molecule has 0 aromatic carbocycles. The van der Waals surface area contributed by atoms with E-state index in [1.54, 1.807) is 0 Å². The smallest absolute Gasteiger partial charge is 0.550 e. The Morgan fingerprint density at radius 1 is 0.138 bits per heavy atom. The van der Waals surface area contributed by atoms with Crippen molar-refractivity contribution in [1.82, 2.24) is 21.3 Å². The SMILES string of the molecule is CC(=O)[O-].CC(=O)[O-].CC(=O)[O-].CC(=O)[O-].CC(=O)[O-].CC(=O)[O-].CC(=O)[O-].CC(=O)[O-].CC(=O)[O-].CC(=O)[O-].CC(=O)[O-].CC(=O)[O-].CC(=O)[O-].CC(=O)[O-].CC(=O)[O-].CC(=O)[O-].CC(=O)[O-].CC(=O)[O-].CC(=O)[O-].CC(=O)[O-].NCCNCCN.NCCNCCN.NCCNCCN.NCCNCCN.[Ca+2].[Ca+2].[Ca+2].[Ca+2].[Ca+2].[Na+].[Na+].[Na+].[Na+].[Na+].[Na+].[Na+].[Na+].[Na+].[Na+]. The maximum absolute atomic E-state index is 8.89. The fraction of sp³-hybridized carbons (Fsp3) is 0.643. The first-order valence-corrected chi connectivity index (χ1v) is 28.3. The van der Waals surface area contributed by atoms with Crippen LogP contribution in [0.3, 0.4) is 0 Å². The molecule has 0 radical (unpaired) electrons. The van der Waals surface area contributed by atoms with Crippen LogP contribution in [0.15, 0.2) is 0 Å². The molecule has 0 aliphatic carbocycles. The molecule has 656 valence electrons. The summed E-state index contributed by atoms with van der Waals surface area (Å²) >= 11 is 0. The van der Waals surface area contributed by atoms with Crippen LogP contribution in [-0.4, -0.2) is 413 Å². The zero-order valence-corrected chi connectivity index (χ0v) is 109. The summed E-state index contributed by atoms with van der Waals surface area (Å²) in [5.41, 5.74) is 41.3. The summed E-state index contributed by atoms with van der Waals surface area (Å²) in [5, 5.41) is 190. The molecule has 0 aromatic rings. The third-order valence-corrected chi connectivity index (χ3v) is 2.57. The van der Waals surface area contributed by atoms with Crippen LogP contribution in [0.2, 0.25) is 0 Å². The van der Waals surface area contributed by atoms with Gasteiger partial charge in [0.05, 0.1) is 0 Å². The van der Waals surface area contributed by atoms with Crippen LogP contribution >= 0.6 is 0 Å². The van der Waals surface area contributed by atoms with Crippen LogP contribution in [0.5, 0.6) is 0 Å². The second-order valence-electron chi connectivity index (χ2n) is 15.1. The number of aliphatic carboxylic acids is 20. The van der Waals surface area contributed by atoms with Crippen molar-refractivity contribution in [2.45, 2.75) is 138 Å². The molecule has 0 aliphatic rings. The van der Waals surface area contributed by atoms with Gasteiger partial charge in [-0.2, -0.15) is 0 Å². The normalized spacial score (nSPS) is 6.21. The Morgan fingerprint density at radius 3 is 0.179 bits per heavy atom. The van der Waals surface area contributed by atoms with Gasteiger partial charge in [-0.3, -0.25) is 0 Å². The molecular formula is C56H112Ca5N12Na10O40. The van der Waals surface area contributed by atoms with Crippen molar-refractivity contribution in [3.8, 4) is 0 Å². The van der Waals surface area contributed by atoms with Gasteiger partial charge in [-0.25, -0.2) is 0 Å². The molecule has 0 unspecified atom stereocenters. The van der Waals surface area contributed by atoms with Gasteiger partial charge in [0.15, 0.2) is 0 Å². The first kappa shape index (κ1) is 261. The molecule has 123 heavy (non-hydrogen) atoms. The number of carboxylic acid groups (broad SMARTS) is 20. The number of carbonyl (C=O) groups is 20. The van der Waals surface area contributed by atoms with Crippen LogP contribution in [0.1, 0.15) is 138 Å². The predicted molar refractivity (Wildman–Crippen MR) is 366 cm³/mol. The van der Waals surface area contributed by atoms with Crippen molar-refractivity contribution in [3.63, 3.8) is 0 Å². The van der Waals surface area contributed by atoms with Gasteiger partial charge in [0.2, 0.25) is 0 Å². The van der Waals surface area contributed by atoms with Gasteiger partial charge in [0.1, 0.15) is 0 Å². The Bertz CT molecular complexity index is 1490. The van der Waals surface area contributed by atoms with E-state index in [4.69, 9.17) is 244 Å². The topological polar surface area (TPSA) is 1060 Å². The zero-order valence-electron chi connectivity index (χ0n) is 77.8. The number of nitrogens with one attached hydrogen (secondary N) is 4. The summed E-state index contributed by atoms with van der Waals surface area (Å²) in [6, 6.07) is 0. The fourth-order valence-corrected chi connectivity index (χ4v) is 1.32. The molecule has 0 saturated carbocycles. The largest absolute Gasteiger partial charge is 2.00 e. The van der Waals surface area contributed by atoms with Crippen molar-refractivity contribution in [2.24, 2.45) is 45.9 Å². The van der Waals surface area contributed by atoms with Crippen LogP contribution in [-0.2, 0) is 95.9 Å². The minimum atomic E-state index is -1.08. The summed E-state index contributed by atoms with van der Waals surface area (Å²) in [6.45, 7) is 32.0. The van der Waals surface area contributed by atoms with E-state index in [-0.39, 0.29) is 484 Å². The summed E-state index contributed by atoms with van der Waals surface area (Å²) in [7, 11) is 0. The van der Waals surface area contributed by atoms with Crippen LogP contribution < -0.4 is 465 Å². The maximum atomic E-state index is 8.89. The molecule has 20 N–H and O–H groups in total. The molecule has 0 atom stereocenters. The van der Waals surface area contributed by atoms with Crippen molar-refractivity contribution in [1.29, 1.82) is 0 Å². The fourth-order valence-electron chi connectivity index (χ4n) is 1.32. The molecule has 0 rings (SSSR count). The molecule has 0 bridgehead atoms. The second-order valence-corrected chi connectivity index (χ2v) is 15.1. The average molecular weight is 2020 g/mol. The minimum Gasteiger partial charge on any atom is -0.550 e. The van der Waals surface area contributed by atoms with Gasteiger partial charge in [0, 0.05) is 224 Å². The molecule has 67 heteroatoms. The third kappa shape index (κ3) is 4430. The number of carbonyl (C=O) groups excluding carboxylic acids is 20. The number of hydrogen-bond acceptors (Lipinski definition) is 52. The van der Waals surface area contributed by atoms with E-state index >= 15 is 0 Å². The van der Waals surface area contributed by atoms with E-state index in [9.17, 15) is 0 Å². The Labute approximate surface area is 1090 Å². The van der Waals surface area contributed by atoms with Gasteiger partial charge in [-0.1, -0.05) is 0 Å². The van der Waals surface area contributed by atoms with E-state index in [2.05, 4.69) is 21.3 Å². The van der Waals surface area contributed by atoms with E-state index in [0.29, 0.717) is 52.4 Å². The number of rotatable bonds is 16. The van der Waals surface area contributed by atoms with Crippen molar-refractivity contribution < 1.29 is 494 Å². The third-order valence-electron chi connectivity index (χ3n) is 2.57. The first-order valence-electron chi connectivity index (χ1n) is 28.3. The predicted octanol–water partition coefficient (Wildman–Crippen LogP) is -62.8. The molecule has 0 fully saturated rings. The Kier molecular flexibility index (Phi) is 592. The number of carboxylic acids is 20. The van der Waals surface area contributed by atoms with Crippen molar-refractivity contribution in [2.75, 3.05) is 105 Å². The molecule has 0 heterocycles. The van der Waals surface area contributed by atoms with Gasteiger partial charge in [-0.15, -0.1) is 0 Å². The van der Waals surface area contributed by atoms with Gasteiger partial charge in [-0.05, 0) is 138 Å². The second kappa shape index (κ2) is 279. The molecule has 0 amide bonds. The molecule has 0 aromatic heterocycles. The Balaban J connectivity index is -0.0000000161. The van der Waals surface area contributed by atoms with Crippen molar-refractivity contribution in [3.05, 3.63) is 0 Å². The van der Waals surface area contributed by atoms with Crippen LogP contribution in [0, 0.1) is 0 Å². The number of hydrogen-bond donors (Lipinski definition) is 12. The van der Waals surface area contributed by atoms with E-state index in [0.717, 1.165) is 191 Å². The molecule has 0 spiro atoms. The van der Waals surface area contributed by atoms with Crippen LogP contribution in [0.25, 0.3) is 0 Å². The van der Waals surface area contributed by atoms with E-state index in [1.165, 1.54) is 0 Å². The molecular weight excluding hydrogens is 1910 g/mol. The van der Waals surface area contributed by atoms with E-state index in [1.807, 2.05) is 0 Å². The summed E-state index contributed by atoms with van der Waals surface area (Å²) in [4.78, 5) is 178. The number of nitrogens with two attached hydrogens (primary N) is 8. The van der Waals surface area contributed by atoms with E-state index < -0.39 is 119 Å². The van der Waals surface area contributed by atoms with Crippen LogP contribution in [0.4, 0.5) is 0 Å². The minimum absolute atomic E-state index is 0. The van der Waals surface area contributed by atoms with Gasteiger partial charge >= 0.3 is 484 Å². The first-order chi connectivity index (χ1) is 48.3. The van der Waals surface area contributed by atoms with Crippen molar-refractivity contribution >= 4 is 308 Å². The average Bonchev–Trinajstić information content (AvgIpc) is 1.27. The Morgan fingerprint density at radius 2 is 0.163 bits per heavy atom. The molecule has 52 nitrogen and oxygen atoms in total. The quantitative estimate of drug-likeness (QED) is 0.0504. The Hall–Kier alpha value is 5.22.